The molecule has 2 bridgehead atoms. The van der Waals surface area contributed by atoms with Crippen molar-refractivity contribution in [1.82, 2.24) is 0 Å². The normalized spacial score (nSPS) is 30.6. The molecule has 3 atom stereocenters. The van der Waals surface area contributed by atoms with Crippen LogP contribution >= 0.6 is 11.6 Å². The highest BCUT2D eigenvalue weighted by molar-refractivity contribution is 6.32. The van der Waals surface area contributed by atoms with Gasteiger partial charge in [-0.25, -0.2) is 0 Å². The molecule has 0 spiro atoms. The molecule has 1 aromatic carbocycles. The van der Waals surface area contributed by atoms with Gasteiger partial charge in [0.15, 0.2) is 0 Å². The lowest BCUT2D eigenvalue weighted by atomic mass is 9.76. The zero-order valence-corrected chi connectivity index (χ0v) is 11.2. The molecule has 0 saturated heterocycles. The number of carbonyl (C=O) groups excluding carboxylic acids is 1. The summed E-state index contributed by atoms with van der Waals surface area (Å²) in [7, 11) is 1.64. The van der Waals surface area contributed by atoms with E-state index in [0.717, 1.165) is 30.6 Å². The number of hydrogen-bond acceptors (Lipinski definition) is 2. The lowest BCUT2D eigenvalue weighted by Gasteiger charge is -2.28. The van der Waals surface area contributed by atoms with Crippen molar-refractivity contribution < 1.29 is 9.53 Å². The number of rotatable bonds is 2. The first-order valence-corrected chi connectivity index (χ1v) is 6.94. The fourth-order valence-electron chi connectivity index (χ4n) is 3.57. The number of halogens is 1. The highest BCUT2D eigenvalue weighted by Gasteiger charge is 2.42. The van der Waals surface area contributed by atoms with Crippen LogP contribution in [0, 0.1) is 11.8 Å². The summed E-state index contributed by atoms with van der Waals surface area (Å²) in [5, 5.41) is 0.661. The minimum absolute atomic E-state index is 0.0556. The van der Waals surface area contributed by atoms with E-state index < -0.39 is 0 Å². The molecular formula is C15H17ClO2. The Hall–Kier alpha value is -1.02. The molecule has 0 N–H and O–H groups in total. The smallest absolute Gasteiger partial charge is 0.143 e. The van der Waals surface area contributed by atoms with E-state index >= 15 is 0 Å². The summed E-state index contributed by atoms with van der Waals surface area (Å²) in [6, 6.07) is 5.61. The molecule has 0 radical (unpaired) electrons. The SMILES string of the molecule is COc1cccc(Cl)c1C1CC2CCC(C2)C1=O. The molecule has 18 heavy (non-hydrogen) atoms. The van der Waals surface area contributed by atoms with Crippen molar-refractivity contribution in [3.05, 3.63) is 28.8 Å². The van der Waals surface area contributed by atoms with E-state index in [2.05, 4.69) is 0 Å². The van der Waals surface area contributed by atoms with E-state index in [1.807, 2.05) is 18.2 Å². The van der Waals surface area contributed by atoms with Gasteiger partial charge in [-0.2, -0.15) is 0 Å². The molecule has 2 nitrogen and oxygen atoms in total. The first-order valence-electron chi connectivity index (χ1n) is 6.57. The van der Waals surface area contributed by atoms with E-state index in [4.69, 9.17) is 16.3 Å². The summed E-state index contributed by atoms with van der Waals surface area (Å²) in [5.41, 5.74) is 0.906. The van der Waals surface area contributed by atoms with Gasteiger partial charge in [0.1, 0.15) is 11.5 Å². The Morgan fingerprint density at radius 1 is 1.28 bits per heavy atom. The predicted octanol–water partition coefficient (Wildman–Crippen LogP) is 3.82. The zero-order chi connectivity index (χ0) is 12.7. The number of ketones is 1. The Balaban J connectivity index is 2.02. The molecule has 96 valence electrons. The first kappa shape index (κ1) is 12.0. The molecule has 2 aliphatic rings. The molecule has 3 unspecified atom stereocenters. The molecule has 2 saturated carbocycles. The van der Waals surface area contributed by atoms with Crippen LogP contribution in [0.2, 0.25) is 5.02 Å². The van der Waals surface area contributed by atoms with Gasteiger partial charge in [-0.05, 0) is 43.7 Å². The van der Waals surface area contributed by atoms with Crippen molar-refractivity contribution in [2.75, 3.05) is 7.11 Å². The standard InChI is InChI=1S/C15H17ClO2/c1-18-13-4-2-3-12(16)14(13)11-8-9-5-6-10(7-9)15(11)17/h2-4,9-11H,5-8H2,1H3. The lowest BCUT2D eigenvalue weighted by Crippen LogP contribution is -2.26. The summed E-state index contributed by atoms with van der Waals surface area (Å²) in [4.78, 5) is 12.5. The maximum atomic E-state index is 12.5. The molecule has 0 aromatic heterocycles. The third kappa shape index (κ3) is 1.83. The van der Waals surface area contributed by atoms with Crippen molar-refractivity contribution in [1.29, 1.82) is 0 Å². The van der Waals surface area contributed by atoms with E-state index in [-0.39, 0.29) is 11.8 Å². The van der Waals surface area contributed by atoms with Crippen LogP contribution in [-0.4, -0.2) is 12.9 Å². The quantitative estimate of drug-likeness (QED) is 0.812. The minimum atomic E-state index is -0.0556. The van der Waals surface area contributed by atoms with Gasteiger partial charge in [0, 0.05) is 22.4 Å². The van der Waals surface area contributed by atoms with Crippen LogP contribution in [0.25, 0.3) is 0 Å². The van der Waals surface area contributed by atoms with Crippen LogP contribution in [0.4, 0.5) is 0 Å². The van der Waals surface area contributed by atoms with Gasteiger partial charge in [0.05, 0.1) is 7.11 Å². The van der Waals surface area contributed by atoms with Crippen LogP contribution in [0.3, 0.4) is 0 Å². The first-order chi connectivity index (χ1) is 8.70. The van der Waals surface area contributed by atoms with E-state index in [1.165, 1.54) is 6.42 Å². The third-order valence-electron chi connectivity index (χ3n) is 4.44. The van der Waals surface area contributed by atoms with Crippen LogP contribution in [0.1, 0.15) is 37.2 Å². The number of benzene rings is 1. The Bertz CT molecular complexity index is 483. The average molecular weight is 265 g/mol. The van der Waals surface area contributed by atoms with Crippen LogP contribution in [-0.2, 0) is 4.79 Å². The molecule has 2 fully saturated rings. The maximum absolute atomic E-state index is 12.5. The highest BCUT2D eigenvalue weighted by atomic mass is 35.5. The van der Waals surface area contributed by atoms with Crippen molar-refractivity contribution >= 4 is 17.4 Å². The fourth-order valence-corrected chi connectivity index (χ4v) is 3.87. The summed E-state index contributed by atoms with van der Waals surface area (Å²) < 4.78 is 5.38. The molecule has 0 aliphatic heterocycles. The fraction of sp³-hybridized carbons (Fsp3) is 0.533. The third-order valence-corrected chi connectivity index (χ3v) is 4.77. The molecule has 1 aromatic rings. The molecular weight excluding hydrogens is 248 g/mol. The van der Waals surface area contributed by atoms with E-state index in [1.54, 1.807) is 7.11 Å². The van der Waals surface area contributed by atoms with Gasteiger partial charge in [-0.1, -0.05) is 17.7 Å². The number of methoxy groups -OCH3 is 1. The van der Waals surface area contributed by atoms with Gasteiger partial charge in [-0.3, -0.25) is 4.79 Å². The van der Waals surface area contributed by atoms with E-state index in [0.29, 0.717) is 16.7 Å². The van der Waals surface area contributed by atoms with Crippen LogP contribution in [0.5, 0.6) is 5.75 Å². The average Bonchev–Trinajstić information content (AvgIpc) is 2.78. The maximum Gasteiger partial charge on any atom is 0.143 e. The Morgan fingerprint density at radius 3 is 2.89 bits per heavy atom. The molecule has 3 rings (SSSR count). The van der Waals surface area contributed by atoms with Crippen LogP contribution in [0.15, 0.2) is 18.2 Å². The number of hydrogen-bond donors (Lipinski definition) is 0. The second-order valence-corrected chi connectivity index (χ2v) is 5.83. The van der Waals surface area contributed by atoms with Gasteiger partial charge < -0.3 is 4.74 Å². The summed E-state index contributed by atoms with van der Waals surface area (Å²) in [6.45, 7) is 0. The van der Waals surface area contributed by atoms with Gasteiger partial charge in [-0.15, -0.1) is 0 Å². The second kappa shape index (κ2) is 4.58. The monoisotopic (exact) mass is 264 g/mol. The zero-order valence-electron chi connectivity index (χ0n) is 10.5. The minimum Gasteiger partial charge on any atom is -0.496 e. The number of Topliss-reactive ketones (excluding diaryl/α,β-unsaturated/α-hetero) is 1. The molecule has 0 amide bonds. The van der Waals surface area contributed by atoms with Gasteiger partial charge in [0.2, 0.25) is 0 Å². The largest absolute Gasteiger partial charge is 0.496 e. The second-order valence-electron chi connectivity index (χ2n) is 5.42. The summed E-state index contributed by atoms with van der Waals surface area (Å²) in [6.07, 6.45) is 4.28. The summed E-state index contributed by atoms with van der Waals surface area (Å²) in [5.74, 6) is 2.02. The highest BCUT2D eigenvalue weighted by Crippen LogP contribution is 2.49. The Kier molecular flexibility index (Phi) is 3.06. The van der Waals surface area contributed by atoms with Gasteiger partial charge >= 0.3 is 0 Å². The Morgan fingerprint density at radius 2 is 2.11 bits per heavy atom. The van der Waals surface area contributed by atoms with Crippen LogP contribution < -0.4 is 4.74 Å². The van der Waals surface area contributed by atoms with E-state index in [9.17, 15) is 4.79 Å². The molecule has 3 heteroatoms. The summed E-state index contributed by atoms with van der Waals surface area (Å²) >= 11 is 6.29. The van der Waals surface area contributed by atoms with Crippen molar-refractivity contribution in [2.45, 2.75) is 31.6 Å². The lowest BCUT2D eigenvalue weighted by molar-refractivity contribution is -0.125. The van der Waals surface area contributed by atoms with Gasteiger partial charge in [0.25, 0.3) is 0 Å². The Labute approximate surface area is 112 Å². The number of fused-ring (bicyclic) bond motifs is 2. The molecule has 0 heterocycles. The molecule has 2 aliphatic carbocycles. The van der Waals surface area contributed by atoms with Crippen molar-refractivity contribution in [3.63, 3.8) is 0 Å². The number of ether oxygens (including phenoxy) is 1. The van der Waals surface area contributed by atoms with Crippen molar-refractivity contribution in [2.24, 2.45) is 11.8 Å². The topological polar surface area (TPSA) is 26.3 Å². The van der Waals surface area contributed by atoms with Crippen molar-refractivity contribution in [3.8, 4) is 5.75 Å². The predicted molar refractivity (Wildman–Crippen MR) is 71.2 cm³/mol. The number of carbonyl (C=O) groups is 1.